The zero-order chi connectivity index (χ0) is 11.5. The third-order valence-corrected chi connectivity index (χ3v) is 3.63. The maximum Gasteiger partial charge on any atom is 0.137 e. The van der Waals surface area contributed by atoms with Gasteiger partial charge in [-0.1, -0.05) is 19.3 Å². The third-order valence-electron chi connectivity index (χ3n) is 3.63. The predicted molar refractivity (Wildman–Crippen MR) is 69.8 cm³/mol. The fraction of sp³-hybridized carbons (Fsp3) is 0.500. The van der Waals surface area contributed by atoms with Gasteiger partial charge >= 0.3 is 0 Å². The van der Waals surface area contributed by atoms with Crippen LogP contribution in [0.15, 0.2) is 24.4 Å². The minimum Gasteiger partial charge on any atom is -0.342 e. The van der Waals surface area contributed by atoms with E-state index in [1.165, 1.54) is 43.2 Å². The van der Waals surface area contributed by atoms with Gasteiger partial charge in [0.1, 0.15) is 5.65 Å². The number of hydrogen-bond acceptors (Lipinski definition) is 2. The zero-order valence-corrected chi connectivity index (χ0v) is 10.1. The van der Waals surface area contributed by atoms with Crippen LogP contribution in [0.25, 0.3) is 11.0 Å². The van der Waals surface area contributed by atoms with E-state index in [2.05, 4.69) is 27.4 Å². The summed E-state index contributed by atoms with van der Waals surface area (Å²) in [5.41, 5.74) is 2.23. The largest absolute Gasteiger partial charge is 0.342 e. The summed E-state index contributed by atoms with van der Waals surface area (Å²) in [5.74, 6) is 0. The molecule has 2 aromatic heterocycles. The molecule has 0 atom stereocenters. The van der Waals surface area contributed by atoms with Gasteiger partial charge in [0, 0.05) is 29.9 Å². The Kier molecular flexibility index (Phi) is 3.10. The topological polar surface area (TPSA) is 40.7 Å². The first-order valence-corrected chi connectivity index (χ1v) is 6.58. The molecule has 0 amide bonds. The lowest BCUT2D eigenvalue weighted by molar-refractivity contribution is 0.371. The fourth-order valence-electron chi connectivity index (χ4n) is 2.67. The minimum absolute atomic E-state index is 0.711. The van der Waals surface area contributed by atoms with Crippen molar-refractivity contribution < 1.29 is 0 Å². The van der Waals surface area contributed by atoms with Gasteiger partial charge in [-0.2, -0.15) is 0 Å². The molecule has 0 aromatic carbocycles. The van der Waals surface area contributed by atoms with Crippen molar-refractivity contribution in [1.29, 1.82) is 0 Å². The van der Waals surface area contributed by atoms with E-state index in [1.54, 1.807) is 0 Å². The van der Waals surface area contributed by atoms with Crippen LogP contribution in [0.3, 0.4) is 0 Å². The maximum atomic E-state index is 4.31. The molecule has 2 heterocycles. The van der Waals surface area contributed by atoms with Crippen LogP contribution in [0, 0.1) is 0 Å². The molecule has 90 valence electrons. The Hall–Kier alpha value is -1.35. The number of nitrogens with zero attached hydrogens (tertiary/aromatic N) is 1. The highest BCUT2D eigenvalue weighted by Gasteiger charge is 2.12. The van der Waals surface area contributed by atoms with Crippen LogP contribution < -0.4 is 5.32 Å². The first kappa shape index (κ1) is 10.8. The Balaban J connectivity index is 1.64. The molecule has 0 saturated heterocycles. The van der Waals surface area contributed by atoms with Crippen LogP contribution in [0.2, 0.25) is 0 Å². The zero-order valence-electron chi connectivity index (χ0n) is 10.1. The molecule has 17 heavy (non-hydrogen) atoms. The smallest absolute Gasteiger partial charge is 0.137 e. The molecule has 2 N–H and O–H groups in total. The maximum absolute atomic E-state index is 4.31. The SMILES string of the molecule is c1cnc2[nH]c(CNC3CCCCC3)cc2c1. The van der Waals surface area contributed by atoms with Crippen molar-refractivity contribution in [2.24, 2.45) is 0 Å². The molecule has 1 saturated carbocycles. The van der Waals surface area contributed by atoms with E-state index >= 15 is 0 Å². The molecule has 1 aliphatic rings. The average Bonchev–Trinajstić information content (AvgIpc) is 2.80. The Bertz CT molecular complexity index is 450. The van der Waals surface area contributed by atoms with Crippen molar-refractivity contribution in [3.8, 4) is 0 Å². The van der Waals surface area contributed by atoms with E-state index < -0.39 is 0 Å². The summed E-state index contributed by atoms with van der Waals surface area (Å²) in [5, 5.41) is 4.84. The summed E-state index contributed by atoms with van der Waals surface area (Å²) in [7, 11) is 0. The predicted octanol–water partition coefficient (Wildman–Crippen LogP) is 2.99. The summed E-state index contributed by atoms with van der Waals surface area (Å²) in [6, 6.07) is 6.98. The standard InChI is InChI=1S/C14H19N3/c1-2-6-12(7-3-1)16-10-13-9-11-5-4-8-15-14(11)17-13/h4-5,8-9,12,16H,1-3,6-7,10H2,(H,15,17). The molecular formula is C14H19N3. The van der Waals surface area contributed by atoms with Crippen LogP contribution in [0.4, 0.5) is 0 Å². The molecular weight excluding hydrogens is 210 g/mol. The van der Waals surface area contributed by atoms with Gasteiger partial charge in [-0.25, -0.2) is 4.98 Å². The van der Waals surface area contributed by atoms with Crippen LogP contribution in [0.1, 0.15) is 37.8 Å². The average molecular weight is 229 g/mol. The number of pyridine rings is 1. The molecule has 0 spiro atoms. The van der Waals surface area contributed by atoms with Crippen LogP contribution in [0.5, 0.6) is 0 Å². The second-order valence-electron chi connectivity index (χ2n) is 4.95. The van der Waals surface area contributed by atoms with Crippen molar-refractivity contribution >= 4 is 11.0 Å². The van der Waals surface area contributed by atoms with Gasteiger partial charge in [0.15, 0.2) is 0 Å². The number of fused-ring (bicyclic) bond motifs is 1. The highest BCUT2D eigenvalue weighted by atomic mass is 14.9. The number of hydrogen-bond donors (Lipinski definition) is 2. The second kappa shape index (κ2) is 4.88. The first-order valence-electron chi connectivity index (χ1n) is 6.58. The lowest BCUT2D eigenvalue weighted by atomic mass is 9.95. The van der Waals surface area contributed by atoms with E-state index in [1.807, 2.05) is 12.3 Å². The number of H-pyrrole nitrogens is 1. The number of nitrogens with one attached hydrogen (secondary N) is 2. The van der Waals surface area contributed by atoms with Gasteiger partial charge in [-0.15, -0.1) is 0 Å². The van der Waals surface area contributed by atoms with Crippen LogP contribution in [-0.2, 0) is 6.54 Å². The van der Waals surface area contributed by atoms with Gasteiger partial charge < -0.3 is 10.3 Å². The lowest BCUT2D eigenvalue weighted by Gasteiger charge is -2.22. The molecule has 0 radical (unpaired) electrons. The number of aromatic nitrogens is 2. The van der Waals surface area contributed by atoms with Gasteiger partial charge in [-0.05, 0) is 31.0 Å². The van der Waals surface area contributed by atoms with Gasteiger partial charge in [0.05, 0.1) is 0 Å². The highest BCUT2D eigenvalue weighted by Crippen LogP contribution is 2.18. The van der Waals surface area contributed by atoms with Crippen molar-refractivity contribution in [2.75, 3.05) is 0 Å². The van der Waals surface area contributed by atoms with Crippen molar-refractivity contribution in [3.63, 3.8) is 0 Å². The molecule has 1 aliphatic carbocycles. The van der Waals surface area contributed by atoms with Gasteiger partial charge in [0.2, 0.25) is 0 Å². The van der Waals surface area contributed by atoms with Crippen molar-refractivity contribution in [3.05, 3.63) is 30.1 Å². The summed E-state index contributed by atoms with van der Waals surface area (Å²) < 4.78 is 0. The molecule has 3 rings (SSSR count). The Labute approximate surface area is 102 Å². The van der Waals surface area contributed by atoms with Crippen molar-refractivity contribution in [1.82, 2.24) is 15.3 Å². The number of rotatable bonds is 3. The Morgan fingerprint density at radius 2 is 2.18 bits per heavy atom. The summed E-state index contributed by atoms with van der Waals surface area (Å²) in [6.07, 6.45) is 8.67. The first-order chi connectivity index (χ1) is 8.42. The van der Waals surface area contributed by atoms with E-state index in [-0.39, 0.29) is 0 Å². The molecule has 3 nitrogen and oxygen atoms in total. The third kappa shape index (κ3) is 2.50. The lowest BCUT2D eigenvalue weighted by Crippen LogP contribution is -2.30. The fourth-order valence-corrected chi connectivity index (χ4v) is 2.67. The summed E-state index contributed by atoms with van der Waals surface area (Å²) in [6.45, 7) is 0.932. The van der Waals surface area contributed by atoms with Crippen LogP contribution >= 0.6 is 0 Å². The normalized spacial score (nSPS) is 17.6. The summed E-state index contributed by atoms with van der Waals surface area (Å²) in [4.78, 5) is 7.67. The van der Waals surface area contributed by atoms with E-state index in [4.69, 9.17) is 0 Å². The molecule has 1 fully saturated rings. The van der Waals surface area contributed by atoms with Crippen LogP contribution in [-0.4, -0.2) is 16.0 Å². The second-order valence-corrected chi connectivity index (χ2v) is 4.95. The quantitative estimate of drug-likeness (QED) is 0.849. The Morgan fingerprint density at radius 3 is 3.00 bits per heavy atom. The molecule has 0 bridgehead atoms. The minimum atomic E-state index is 0.711. The Morgan fingerprint density at radius 1 is 1.29 bits per heavy atom. The molecule has 0 unspecified atom stereocenters. The molecule has 0 aliphatic heterocycles. The molecule has 2 aromatic rings. The number of aromatic amines is 1. The van der Waals surface area contributed by atoms with Crippen molar-refractivity contribution in [2.45, 2.75) is 44.7 Å². The summed E-state index contributed by atoms with van der Waals surface area (Å²) >= 11 is 0. The van der Waals surface area contributed by atoms with Gasteiger partial charge in [0.25, 0.3) is 0 Å². The van der Waals surface area contributed by atoms with E-state index in [0.717, 1.165) is 12.2 Å². The molecule has 3 heteroatoms. The highest BCUT2D eigenvalue weighted by molar-refractivity contribution is 5.76. The van der Waals surface area contributed by atoms with Gasteiger partial charge in [-0.3, -0.25) is 0 Å². The monoisotopic (exact) mass is 229 g/mol. The van der Waals surface area contributed by atoms with E-state index in [9.17, 15) is 0 Å². The van der Waals surface area contributed by atoms with E-state index in [0.29, 0.717) is 6.04 Å².